The van der Waals surface area contributed by atoms with E-state index < -0.39 is 5.82 Å². The molecule has 0 fully saturated rings. The standard InChI is InChI=1S/C14H13BrF2N2/c1-8(9-2-4-10(16)5-3-9)19-14-6-11(15)12(17)7-13(14)18/h2-8,19H,18H2,1H3/t8-/m0/s1. The van der Waals surface area contributed by atoms with Gasteiger partial charge in [-0.1, -0.05) is 12.1 Å². The molecule has 5 heteroatoms. The van der Waals surface area contributed by atoms with Gasteiger partial charge in [-0.05, 0) is 46.6 Å². The Bertz CT molecular complexity index is 585. The molecule has 19 heavy (non-hydrogen) atoms. The van der Waals surface area contributed by atoms with Crippen LogP contribution in [0.3, 0.4) is 0 Å². The highest BCUT2D eigenvalue weighted by atomic mass is 79.9. The molecule has 0 amide bonds. The van der Waals surface area contributed by atoms with E-state index in [4.69, 9.17) is 5.73 Å². The Hall–Kier alpha value is -1.62. The van der Waals surface area contributed by atoms with Gasteiger partial charge < -0.3 is 11.1 Å². The fourth-order valence-electron chi connectivity index (χ4n) is 1.76. The van der Waals surface area contributed by atoms with Gasteiger partial charge in [0.15, 0.2) is 0 Å². The van der Waals surface area contributed by atoms with Gasteiger partial charge in [-0.25, -0.2) is 8.78 Å². The van der Waals surface area contributed by atoms with Gasteiger partial charge in [0.25, 0.3) is 0 Å². The number of nitrogens with two attached hydrogens (primary N) is 1. The van der Waals surface area contributed by atoms with Crippen molar-refractivity contribution in [3.63, 3.8) is 0 Å². The van der Waals surface area contributed by atoms with Crippen LogP contribution < -0.4 is 11.1 Å². The summed E-state index contributed by atoms with van der Waals surface area (Å²) in [6.45, 7) is 1.92. The van der Waals surface area contributed by atoms with Crippen LogP contribution in [0.15, 0.2) is 40.9 Å². The Labute approximate surface area is 118 Å². The number of rotatable bonds is 3. The van der Waals surface area contributed by atoms with Gasteiger partial charge in [-0.15, -0.1) is 0 Å². The van der Waals surface area contributed by atoms with E-state index in [2.05, 4.69) is 21.2 Å². The molecular formula is C14H13BrF2N2. The normalized spacial score (nSPS) is 12.2. The molecule has 2 rings (SSSR count). The van der Waals surface area contributed by atoms with Gasteiger partial charge in [0.1, 0.15) is 11.6 Å². The second kappa shape index (κ2) is 5.57. The molecule has 2 aromatic rings. The molecule has 0 aromatic heterocycles. The van der Waals surface area contributed by atoms with E-state index >= 15 is 0 Å². The minimum absolute atomic E-state index is 0.0692. The molecule has 0 saturated heterocycles. The molecule has 0 heterocycles. The maximum Gasteiger partial charge on any atom is 0.139 e. The van der Waals surface area contributed by atoms with Gasteiger partial charge in [0, 0.05) is 12.1 Å². The average molecular weight is 327 g/mol. The fourth-order valence-corrected chi connectivity index (χ4v) is 2.10. The predicted molar refractivity (Wildman–Crippen MR) is 77.0 cm³/mol. The average Bonchev–Trinajstić information content (AvgIpc) is 2.36. The number of nitrogen functional groups attached to an aromatic ring is 1. The van der Waals surface area contributed by atoms with E-state index in [1.807, 2.05) is 6.92 Å². The molecule has 0 saturated carbocycles. The highest BCUT2D eigenvalue weighted by molar-refractivity contribution is 9.10. The van der Waals surface area contributed by atoms with Gasteiger partial charge in [0.2, 0.25) is 0 Å². The smallest absolute Gasteiger partial charge is 0.139 e. The molecular weight excluding hydrogens is 314 g/mol. The molecule has 2 nitrogen and oxygen atoms in total. The van der Waals surface area contributed by atoms with Gasteiger partial charge >= 0.3 is 0 Å². The minimum Gasteiger partial charge on any atom is -0.397 e. The lowest BCUT2D eigenvalue weighted by Crippen LogP contribution is -2.08. The van der Waals surface area contributed by atoms with E-state index in [1.54, 1.807) is 18.2 Å². The van der Waals surface area contributed by atoms with Crippen molar-refractivity contribution >= 4 is 27.3 Å². The first-order valence-corrected chi connectivity index (χ1v) is 6.53. The Kier molecular flexibility index (Phi) is 4.04. The molecule has 1 atom stereocenters. The van der Waals surface area contributed by atoms with Crippen LogP contribution in [0.2, 0.25) is 0 Å². The van der Waals surface area contributed by atoms with Crippen molar-refractivity contribution in [1.29, 1.82) is 0 Å². The largest absolute Gasteiger partial charge is 0.397 e. The molecule has 100 valence electrons. The topological polar surface area (TPSA) is 38.0 Å². The van der Waals surface area contributed by atoms with Crippen molar-refractivity contribution < 1.29 is 8.78 Å². The summed E-state index contributed by atoms with van der Waals surface area (Å²) in [4.78, 5) is 0. The monoisotopic (exact) mass is 326 g/mol. The SMILES string of the molecule is C[C@H](Nc1cc(Br)c(F)cc1N)c1ccc(F)cc1. The Balaban J connectivity index is 2.21. The third kappa shape index (κ3) is 3.23. The number of benzene rings is 2. The van der Waals surface area contributed by atoms with Crippen LogP contribution >= 0.6 is 15.9 Å². The highest BCUT2D eigenvalue weighted by Gasteiger charge is 2.10. The van der Waals surface area contributed by atoms with E-state index in [9.17, 15) is 8.78 Å². The number of halogens is 3. The van der Waals surface area contributed by atoms with E-state index in [1.165, 1.54) is 18.2 Å². The first kappa shape index (κ1) is 13.8. The first-order valence-electron chi connectivity index (χ1n) is 5.74. The van der Waals surface area contributed by atoms with Crippen molar-refractivity contribution in [2.24, 2.45) is 0 Å². The summed E-state index contributed by atoms with van der Waals surface area (Å²) >= 11 is 3.12. The van der Waals surface area contributed by atoms with Crippen molar-refractivity contribution in [1.82, 2.24) is 0 Å². The summed E-state index contributed by atoms with van der Waals surface area (Å²) in [5, 5.41) is 3.17. The Morgan fingerprint density at radius 1 is 1.16 bits per heavy atom. The molecule has 2 aromatic carbocycles. The van der Waals surface area contributed by atoms with Crippen molar-refractivity contribution in [3.8, 4) is 0 Å². The Morgan fingerprint density at radius 3 is 2.42 bits per heavy atom. The van der Waals surface area contributed by atoms with Crippen molar-refractivity contribution in [2.45, 2.75) is 13.0 Å². The van der Waals surface area contributed by atoms with Crippen molar-refractivity contribution in [3.05, 3.63) is 58.1 Å². The van der Waals surface area contributed by atoms with Crippen LogP contribution in [0.1, 0.15) is 18.5 Å². The second-order valence-corrected chi connectivity index (χ2v) is 5.13. The lowest BCUT2D eigenvalue weighted by atomic mass is 10.1. The molecule has 0 radical (unpaired) electrons. The lowest BCUT2D eigenvalue weighted by molar-refractivity contribution is 0.621. The Morgan fingerprint density at radius 2 is 1.79 bits per heavy atom. The highest BCUT2D eigenvalue weighted by Crippen LogP contribution is 2.29. The number of anilines is 2. The third-order valence-electron chi connectivity index (χ3n) is 2.83. The maximum atomic E-state index is 13.3. The van der Waals surface area contributed by atoms with Crippen LogP contribution in [0.5, 0.6) is 0 Å². The van der Waals surface area contributed by atoms with Crippen LogP contribution in [0.4, 0.5) is 20.2 Å². The van der Waals surface area contributed by atoms with E-state index in [-0.39, 0.29) is 11.9 Å². The number of nitrogens with one attached hydrogen (secondary N) is 1. The summed E-state index contributed by atoms with van der Waals surface area (Å²) in [5.74, 6) is -0.683. The van der Waals surface area contributed by atoms with Gasteiger partial charge in [-0.3, -0.25) is 0 Å². The van der Waals surface area contributed by atoms with Gasteiger partial charge in [0.05, 0.1) is 15.8 Å². The molecule has 0 aliphatic heterocycles. The molecule has 3 N–H and O–H groups in total. The summed E-state index contributed by atoms with van der Waals surface area (Å²) in [6, 6.07) is 8.97. The minimum atomic E-state index is -0.405. The molecule has 0 aliphatic carbocycles. The summed E-state index contributed by atoms with van der Waals surface area (Å²) in [6.07, 6.45) is 0. The lowest BCUT2D eigenvalue weighted by Gasteiger charge is -2.17. The van der Waals surface area contributed by atoms with E-state index in [0.29, 0.717) is 15.8 Å². The van der Waals surface area contributed by atoms with Crippen LogP contribution in [0, 0.1) is 11.6 Å². The molecule has 0 unspecified atom stereocenters. The maximum absolute atomic E-state index is 13.3. The van der Waals surface area contributed by atoms with Crippen LogP contribution in [-0.2, 0) is 0 Å². The second-order valence-electron chi connectivity index (χ2n) is 4.27. The van der Waals surface area contributed by atoms with Crippen LogP contribution in [0.25, 0.3) is 0 Å². The quantitative estimate of drug-likeness (QED) is 0.816. The van der Waals surface area contributed by atoms with Gasteiger partial charge in [-0.2, -0.15) is 0 Å². The zero-order valence-electron chi connectivity index (χ0n) is 10.3. The van der Waals surface area contributed by atoms with Crippen molar-refractivity contribution in [2.75, 3.05) is 11.1 Å². The van der Waals surface area contributed by atoms with Crippen LogP contribution in [-0.4, -0.2) is 0 Å². The summed E-state index contributed by atoms with van der Waals surface area (Å²) in [7, 11) is 0. The summed E-state index contributed by atoms with van der Waals surface area (Å²) in [5.41, 5.74) is 7.63. The zero-order valence-corrected chi connectivity index (χ0v) is 11.8. The summed E-state index contributed by atoms with van der Waals surface area (Å²) < 4.78 is 26.5. The zero-order chi connectivity index (χ0) is 14.0. The number of hydrogen-bond acceptors (Lipinski definition) is 2. The third-order valence-corrected chi connectivity index (χ3v) is 3.44. The first-order chi connectivity index (χ1) is 8.97. The van der Waals surface area contributed by atoms with E-state index in [0.717, 1.165) is 5.56 Å². The number of hydrogen-bond donors (Lipinski definition) is 2. The fraction of sp³-hybridized carbons (Fsp3) is 0.143. The predicted octanol–water partition coefficient (Wildman–Crippen LogP) is 4.48. The molecule has 0 bridgehead atoms. The molecule has 0 aliphatic rings. The molecule has 0 spiro atoms.